The number of sulfonamides is 1. The molecule has 1 heterocycles. The van der Waals surface area contributed by atoms with Gasteiger partial charge < -0.3 is 4.98 Å². The monoisotopic (exact) mass is 217 g/mol. The van der Waals surface area contributed by atoms with Gasteiger partial charge in [0.25, 0.3) is 0 Å². The van der Waals surface area contributed by atoms with Crippen LogP contribution in [0.2, 0.25) is 0 Å². The van der Waals surface area contributed by atoms with Crippen molar-refractivity contribution in [1.29, 1.82) is 0 Å². The van der Waals surface area contributed by atoms with Crippen LogP contribution in [0.5, 0.6) is 0 Å². The summed E-state index contributed by atoms with van der Waals surface area (Å²) in [4.78, 5) is 6.90. The van der Waals surface area contributed by atoms with Crippen molar-refractivity contribution in [3.8, 4) is 0 Å². The zero-order chi connectivity index (χ0) is 10.4. The summed E-state index contributed by atoms with van der Waals surface area (Å²) in [6.07, 6.45) is 4.60. The highest BCUT2D eigenvalue weighted by Gasteiger charge is 2.07. The summed E-state index contributed by atoms with van der Waals surface area (Å²) in [6.45, 7) is 2.24. The van der Waals surface area contributed by atoms with E-state index < -0.39 is 10.0 Å². The Hall–Kier alpha value is -0.880. The molecule has 0 aliphatic heterocycles. The second-order valence-corrected chi connectivity index (χ2v) is 4.93. The number of rotatable bonds is 6. The first-order chi connectivity index (χ1) is 6.64. The zero-order valence-corrected chi connectivity index (χ0v) is 8.97. The predicted octanol–water partition coefficient (Wildman–Crippen LogP) is 0.282. The summed E-state index contributed by atoms with van der Waals surface area (Å²) in [5.41, 5.74) is 0. The number of nitrogens with one attached hydrogen (secondary N) is 2. The molecule has 1 rings (SSSR count). The molecule has 80 valence electrons. The lowest BCUT2D eigenvalue weighted by Crippen LogP contribution is -2.28. The van der Waals surface area contributed by atoms with Gasteiger partial charge in [-0.3, -0.25) is 0 Å². The first kappa shape index (κ1) is 11.2. The smallest absolute Gasteiger partial charge is 0.211 e. The predicted molar refractivity (Wildman–Crippen MR) is 54.4 cm³/mol. The average molecular weight is 217 g/mol. The van der Waals surface area contributed by atoms with Gasteiger partial charge in [-0.25, -0.2) is 18.1 Å². The van der Waals surface area contributed by atoms with Crippen LogP contribution in [0.1, 0.15) is 19.2 Å². The second-order valence-electron chi connectivity index (χ2n) is 3.00. The molecule has 14 heavy (non-hydrogen) atoms. The highest BCUT2D eigenvalue weighted by atomic mass is 32.2. The minimum atomic E-state index is -3.08. The van der Waals surface area contributed by atoms with Crippen LogP contribution in [0, 0.1) is 0 Å². The maximum absolute atomic E-state index is 11.2. The van der Waals surface area contributed by atoms with Crippen molar-refractivity contribution >= 4 is 10.0 Å². The van der Waals surface area contributed by atoms with E-state index in [2.05, 4.69) is 14.7 Å². The lowest BCUT2D eigenvalue weighted by Gasteiger charge is -2.03. The van der Waals surface area contributed by atoms with Gasteiger partial charge in [0.1, 0.15) is 5.82 Å². The minimum absolute atomic E-state index is 0.186. The van der Waals surface area contributed by atoms with Gasteiger partial charge in [0.05, 0.1) is 5.75 Å². The Bertz CT molecular complexity index is 345. The molecule has 0 aliphatic rings. The molecule has 0 unspecified atom stereocenters. The van der Waals surface area contributed by atoms with Gasteiger partial charge in [-0.15, -0.1) is 0 Å². The number of nitrogens with zero attached hydrogens (tertiary/aromatic N) is 1. The number of hydrogen-bond acceptors (Lipinski definition) is 3. The van der Waals surface area contributed by atoms with Gasteiger partial charge in [-0.05, 0) is 6.42 Å². The molecule has 0 saturated heterocycles. The van der Waals surface area contributed by atoms with Crippen molar-refractivity contribution in [2.24, 2.45) is 0 Å². The average Bonchev–Trinajstić information content (AvgIpc) is 2.56. The Morgan fingerprint density at radius 1 is 1.57 bits per heavy atom. The summed E-state index contributed by atoms with van der Waals surface area (Å²) in [5.74, 6) is 0.981. The van der Waals surface area contributed by atoms with E-state index in [1.54, 1.807) is 12.4 Å². The van der Waals surface area contributed by atoms with E-state index in [4.69, 9.17) is 0 Å². The second kappa shape index (κ2) is 5.11. The molecule has 1 aromatic rings. The molecular weight excluding hydrogens is 202 g/mol. The highest BCUT2D eigenvalue weighted by Crippen LogP contribution is 1.91. The van der Waals surface area contributed by atoms with Crippen LogP contribution in [0.3, 0.4) is 0 Å². The summed E-state index contributed by atoms with van der Waals surface area (Å²) in [6, 6.07) is 0. The molecule has 0 spiro atoms. The SMILES string of the molecule is CCCS(=O)(=O)NCCc1ncc[nH]1. The summed E-state index contributed by atoms with van der Waals surface area (Å²) < 4.78 is 24.9. The van der Waals surface area contributed by atoms with E-state index in [1.165, 1.54) is 0 Å². The Kier molecular flexibility index (Phi) is 4.09. The van der Waals surface area contributed by atoms with Crippen LogP contribution >= 0.6 is 0 Å². The van der Waals surface area contributed by atoms with E-state index in [-0.39, 0.29) is 5.75 Å². The molecule has 2 N–H and O–H groups in total. The first-order valence-electron chi connectivity index (χ1n) is 4.59. The lowest BCUT2D eigenvalue weighted by molar-refractivity contribution is 0.579. The maximum Gasteiger partial charge on any atom is 0.211 e. The zero-order valence-electron chi connectivity index (χ0n) is 8.16. The van der Waals surface area contributed by atoms with E-state index in [0.29, 0.717) is 19.4 Å². The van der Waals surface area contributed by atoms with Crippen LogP contribution in [0.15, 0.2) is 12.4 Å². The molecular formula is C8H15N3O2S. The maximum atomic E-state index is 11.2. The van der Waals surface area contributed by atoms with Crippen molar-refractivity contribution in [1.82, 2.24) is 14.7 Å². The van der Waals surface area contributed by atoms with Gasteiger partial charge in [0.2, 0.25) is 10.0 Å². The number of H-pyrrole nitrogens is 1. The molecule has 0 radical (unpaired) electrons. The Balaban J connectivity index is 2.28. The molecule has 0 aliphatic carbocycles. The van der Waals surface area contributed by atoms with Crippen molar-refractivity contribution in [3.63, 3.8) is 0 Å². The lowest BCUT2D eigenvalue weighted by atomic mass is 10.4. The highest BCUT2D eigenvalue weighted by molar-refractivity contribution is 7.89. The van der Waals surface area contributed by atoms with Crippen molar-refractivity contribution in [2.75, 3.05) is 12.3 Å². The summed E-state index contributed by atoms with van der Waals surface area (Å²) in [5, 5.41) is 0. The van der Waals surface area contributed by atoms with Crippen LogP contribution in [0.25, 0.3) is 0 Å². The van der Waals surface area contributed by atoms with Gasteiger partial charge >= 0.3 is 0 Å². The molecule has 0 bridgehead atoms. The fraction of sp³-hybridized carbons (Fsp3) is 0.625. The fourth-order valence-electron chi connectivity index (χ4n) is 1.10. The van der Waals surface area contributed by atoms with E-state index in [9.17, 15) is 8.42 Å². The van der Waals surface area contributed by atoms with Gasteiger partial charge in [-0.1, -0.05) is 6.92 Å². The standard InChI is InChI=1S/C8H15N3O2S/c1-2-7-14(12,13)11-4-3-8-9-5-6-10-8/h5-6,11H,2-4,7H2,1H3,(H,9,10). The van der Waals surface area contributed by atoms with Gasteiger partial charge in [0.15, 0.2) is 0 Å². The Morgan fingerprint density at radius 2 is 2.36 bits per heavy atom. The molecule has 0 atom stereocenters. The first-order valence-corrected chi connectivity index (χ1v) is 6.25. The van der Waals surface area contributed by atoms with Crippen LogP contribution in [0.4, 0.5) is 0 Å². The number of aromatic amines is 1. The van der Waals surface area contributed by atoms with E-state index in [1.807, 2.05) is 6.92 Å². The molecule has 5 nitrogen and oxygen atoms in total. The summed E-state index contributed by atoms with van der Waals surface area (Å²) in [7, 11) is -3.08. The third-order valence-corrected chi connectivity index (χ3v) is 3.30. The fourth-order valence-corrected chi connectivity index (χ4v) is 2.20. The topological polar surface area (TPSA) is 74.8 Å². The van der Waals surface area contributed by atoms with E-state index in [0.717, 1.165) is 5.82 Å². The number of aromatic nitrogens is 2. The van der Waals surface area contributed by atoms with Crippen LogP contribution < -0.4 is 4.72 Å². The largest absolute Gasteiger partial charge is 0.349 e. The van der Waals surface area contributed by atoms with E-state index >= 15 is 0 Å². The van der Waals surface area contributed by atoms with Crippen molar-refractivity contribution < 1.29 is 8.42 Å². The van der Waals surface area contributed by atoms with Crippen LogP contribution in [-0.4, -0.2) is 30.7 Å². The molecule has 0 fully saturated rings. The molecule has 0 saturated carbocycles. The van der Waals surface area contributed by atoms with Crippen LogP contribution in [-0.2, 0) is 16.4 Å². The normalized spacial score (nSPS) is 11.8. The molecule has 1 aromatic heterocycles. The Morgan fingerprint density at radius 3 is 2.93 bits per heavy atom. The third-order valence-electron chi connectivity index (χ3n) is 1.71. The van der Waals surface area contributed by atoms with Crippen molar-refractivity contribution in [2.45, 2.75) is 19.8 Å². The van der Waals surface area contributed by atoms with Crippen molar-refractivity contribution in [3.05, 3.63) is 18.2 Å². The molecule has 0 amide bonds. The third kappa shape index (κ3) is 3.89. The van der Waals surface area contributed by atoms with Gasteiger partial charge in [-0.2, -0.15) is 0 Å². The van der Waals surface area contributed by atoms with Gasteiger partial charge in [0, 0.05) is 25.4 Å². The molecule has 0 aromatic carbocycles. The number of imidazole rings is 1. The number of hydrogen-bond donors (Lipinski definition) is 2. The minimum Gasteiger partial charge on any atom is -0.349 e. The summed E-state index contributed by atoms with van der Waals surface area (Å²) >= 11 is 0. The quantitative estimate of drug-likeness (QED) is 0.718. The molecule has 6 heteroatoms. The Labute approximate surface area is 84.0 Å².